The summed E-state index contributed by atoms with van der Waals surface area (Å²) in [4.78, 5) is 14.9. The Morgan fingerprint density at radius 2 is 1.90 bits per heavy atom. The van der Waals surface area contributed by atoms with Crippen LogP contribution in [0, 0.1) is 0 Å². The summed E-state index contributed by atoms with van der Waals surface area (Å²) in [5, 5.41) is 3.54. The van der Waals surface area contributed by atoms with Crippen molar-refractivity contribution >= 4 is 17.7 Å². The number of benzene rings is 1. The van der Waals surface area contributed by atoms with Gasteiger partial charge in [-0.25, -0.2) is 0 Å². The highest BCUT2D eigenvalue weighted by Crippen LogP contribution is 2.26. The van der Waals surface area contributed by atoms with Crippen LogP contribution >= 0.6 is 11.8 Å². The minimum Gasteiger partial charge on any atom is -0.337 e. The molecule has 0 spiro atoms. The third kappa shape index (κ3) is 3.55. The number of alkyl halides is 2. The first kappa shape index (κ1) is 14.8. The molecular formula is C15H18F2N2OS. The van der Waals surface area contributed by atoms with Crippen molar-refractivity contribution in [2.45, 2.75) is 42.0 Å². The Morgan fingerprint density at radius 1 is 1.19 bits per heavy atom. The predicted octanol–water partition coefficient (Wildman–Crippen LogP) is 2.97. The summed E-state index contributed by atoms with van der Waals surface area (Å²) in [6, 6.07) is 7.40. The third-order valence-electron chi connectivity index (χ3n) is 4.14. The van der Waals surface area contributed by atoms with Crippen molar-refractivity contribution in [3.8, 4) is 0 Å². The fourth-order valence-corrected chi connectivity index (χ4v) is 3.59. The van der Waals surface area contributed by atoms with Crippen molar-refractivity contribution in [3.63, 3.8) is 0 Å². The van der Waals surface area contributed by atoms with E-state index in [1.807, 2.05) is 4.90 Å². The Morgan fingerprint density at radius 3 is 2.62 bits per heavy atom. The molecule has 2 aliphatic rings. The Bertz CT molecular complexity index is 509. The van der Waals surface area contributed by atoms with Gasteiger partial charge in [0.25, 0.3) is 11.7 Å². The van der Waals surface area contributed by atoms with Gasteiger partial charge in [-0.1, -0.05) is 11.8 Å². The van der Waals surface area contributed by atoms with Gasteiger partial charge < -0.3 is 10.2 Å². The number of nitrogens with one attached hydrogen (secondary N) is 1. The second-order valence-electron chi connectivity index (χ2n) is 5.58. The molecule has 0 aliphatic carbocycles. The van der Waals surface area contributed by atoms with Crippen molar-refractivity contribution in [2.75, 3.05) is 13.1 Å². The molecule has 0 radical (unpaired) electrons. The number of nitrogens with zero attached hydrogens (tertiary/aromatic N) is 1. The Labute approximate surface area is 127 Å². The van der Waals surface area contributed by atoms with Crippen LogP contribution in [0.5, 0.6) is 0 Å². The van der Waals surface area contributed by atoms with Crippen LogP contribution < -0.4 is 5.32 Å². The normalized spacial score (nSPS) is 25.2. The number of thioether (sulfide) groups is 1. The van der Waals surface area contributed by atoms with E-state index in [0.717, 1.165) is 25.9 Å². The fourth-order valence-electron chi connectivity index (χ4n) is 3.09. The molecule has 2 aliphatic heterocycles. The molecule has 2 unspecified atom stereocenters. The average molecular weight is 312 g/mol. The summed E-state index contributed by atoms with van der Waals surface area (Å²) in [7, 11) is 0. The van der Waals surface area contributed by atoms with Gasteiger partial charge in [0.15, 0.2) is 0 Å². The summed E-state index contributed by atoms with van der Waals surface area (Å²) in [6.45, 7) is 1.50. The van der Waals surface area contributed by atoms with Gasteiger partial charge in [-0.05, 0) is 43.5 Å². The van der Waals surface area contributed by atoms with Gasteiger partial charge >= 0.3 is 0 Å². The number of rotatable bonds is 3. The van der Waals surface area contributed by atoms with Gasteiger partial charge in [0.1, 0.15) is 0 Å². The topological polar surface area (TPSA) is 32.3 Å². The van der Waals surface area contributed by atoms with E-state index in [-0.39, 0.29) is 5.91 Å². The highest BCUT2D eigenvalue weighted by atomic mass is 32.2. The minimum atomic E-state index is -2.43. The molecule has 2 bridgehead atoms. The number of carbonyl (C=O) groups is 1. The molecule has 0 saturated carbocycles. The van der Waals surface area contributed by atoms with E-state index < -0.39 is 5.76 Å². The molecule has 6 heteroatoms. The van der Waals surface area contributed by atoms with Gasteiger partial charge in [0.05, 0.1) is 0 Å². The zero-order chi connectivity index (χ0) is 14.8. The second kappa shape index (κ2) is 6.32. The Hall–Kier alpha value is -1.14. The van der Waals surface area contributed by atoms with E-state index in [4.69, 9.17) is 0 Å². The van der Waals surface area contributed by atoms with Gasteiger partial charge in [0.2, 0.25) is 0 Å². The lowest BCUT2D eigenvalue weighted by molar-refractivity contribution is 0.0748. The lowest BCUT2D eigenvalue weighted by atomic mass is 10.1. The van der Waals surface area contributed by atoms with Crippen LogP contribution in [0.4, 0.5) is 8.78 Å². The minimum absolute atomic E-state index is 0.00190. The average Bonchev–Trinajstić information content (AvgIpc) is 2.78. The van der Waals surface area contributed by atoms with Crippen LogP contribution in [0.25, 0.3) is 0 Å². The zero-order valence-corrected chi connectivity index (χ0v) is 12.4. The number of hydrogen-bond acceptors (Lipinski definition) is 3. The first-order chi connectivity index (χ1) is 10.1. The second-order valence-corrected chi connectivity index (χ2v) is 6.64. The summed E-state index contributed by atoms with van der Waals surface area (Å²) >= 11 is 0.499. The predicted molar refractivity (Wildman–Crippen MR) is 78.8 cm³/mol. The Kier molecular flexibility index (Phi) is 4.45. The molecule has 1 aromatic rings. The number of carbonyl (C=O) groups excluding carboxylic acids is 1. The molecule has 3 nitrogen and oxygen atoms in total. The molecule has 21 heavy (non-hydrogen) atoms. The number of halogens is 2. The van der Waals surface area contributed by atoms with E-state index in [1.54, 1.807) is 24.3 Å². The smallest absolute Gasteiger partial charge is 0.288 e. The number of amides is 1. The zero-order valence-electron chi connectivity index (χ0n) is 11.6. The summed E-state index contributed by atoms with van der Waals surface area (Å²) in [6.07, 6.45) is 3.31. The van der Waals surface area contributed by atoms with Crippen molar-refractivity contribution in [1.82, 2.24) is 10.2 Å². The summed E-state index contributed by atoms with van der Waals surface area (Å²) in [5.74, 6) is -2.43. The first-order valence-corrected chi connectivity index (χ1v) is 8.10. The fraction of sp³-hybridized carbons (Fsp3) is 0.533. The first-order valence-electron chi connectivity index (χ1n) is 7.22. The molecule has 2 atom stereocenters. The van der Waals surface area contributed by atoms with E-state index in [1.165, 1.54) is 6.42 Å². The van der Waals surface area contributed by atoms with E-state index in [0.29, 0.717) is 34.3 Å². The number of hydrogen-bond donors (Lipinski definition) is 1. The lowest BCUT2D eigenvalue weighted by Crippen LogP contribution is -2.39. The van der Waals surface area contributed by atoms with E-state index >= 15 is 0 Å². The molecule has 0 aromatic heterocycles. The van der Waals surface area contributed by atoms with Gasteiger partial charge in [-0.3, -0.25) is 4.79 Å². The third-order valence-corrected chi connectivity index (χ3v) is 4.86. The highest BCUT2D eigenvalue weighted by Gasteiger charge is 2.31. The maximum absolute atomic E-state index is 12.5. The van der Waals surface area contributed by atoms with Crippen molar-refractivity contribution in [1.29, 1.82) is 0 Å². The van der Waals surface area contributed by atoms with Crippen LogP contribution in [0.2, 0.25) is 0 Å². The van der Waals surface area contributed by atoms with Gasteiger partial charge in [-0.2, -0.15) is 8.78 Å². The molecule has 2 heterocycles. The number of likely N-dealkylation sites (tertiary alicyclic amines) is 1. The quantitative estimate of drug-likeness (QED) is 0.871. The highest BCUT2D eigenvalue weighted by molar-refractivity contribution is 7.99. The monoisotopic (exact) mass is 312 g/mol. The van der Waals surface area contributed by atoms with Crippen molar-refractivity contribution in [3.05, 3.63) is 29.8 Å². The van der Waals surface area contributed by atoms with Crippen molar-refractivity contribution < 1.29 is 13.6 Å². The summed E-state index contributed by atoms with van der Waals surface area (Å²) < 4.78 is 24.6. The molecule has 1 aromatic carbocycles. The SMILES string of the molecule is O=C(c1ccc(SC(F)F)cc1)N1CCC2CCC(C1)N2. The van der Waals surface area contributed by atoms with Crippen molar-refractivity contribution in [2.24, 2.45) is 0 Å². The molecule has 1 N–H and O–H groups in total. The maximum Gasteiger partial charge on any atom is 0.288 e. The maximum atomic E-state index is 12.5. The van der Waals surface area contributed by atoms with Crippen LogP contribution in [0.3, 0.4) is 0 Å². The van der Waals surface area contributed by atoms with Crippen LogP contribution in [-0.2, 0) is 0 Å². The van der Waals surface area contributed by atoms with Crippen LogP contribution in [0.1, 0.15) is 29.6 Å². The molecule has 3 rings (SSSR count). The van der Waals surface area contributed by atoms with E-state index in [9.17, 15) is 13.6 Å². The molecular weight excluding hydrogens is 294 g/mol. The summed E-state index contributed by atoms with van der Waals surface area (Å²) in [5.41, 5.74) is 0.575. The van der Waals surface area contributed by atoms with E-state index in [2.05, 4.69) is 5.32 Å². The largest absolute Gasteiger partial charge is 0.337 e. The molecule has 2 saturated heterocycles. The molecule has 2 fully saturated rings. The lowest BCUT2D eigenvalue weighted by Gasteiger charge is -2.24. The number of fused-ring (bicyclic) bond motifs is 2. The van der Waals surface area contributed by atoms with Crippen LogP contribution in [-0.4, -0.2) is 41.7 Å². The molecule has 114 valence electrons. The van der Waals surface area contributed by atoms with Gasteiger partial charge in [-0.15, -0.1) is 0 Å². The van der Waals surface area contributed by atoms with Crippen LogP contribution in [0.15, 0.2) is 29.2 Å². The molecule has 1 amide bonds. The standard InChI is InChI=1S/C15H18F2N2OS/c16-15(17)21-13-5-1-10(2-6-13)14(20)19-8-7-11-3-4-12(9-19)18-11/h1-2,5-6,11-12,15,18H,3-4,7-9H2. The van der Waals surface area contributed by atoms with Gasteiger partial charge in [0, 0.05) is 35.6 Å². The Balaban J connectivity index is 1.67.